The molecule has 15 heavy (non-hydrogen) atoms. The van der Waals surface area contributed by atoms with E-state index in [0.29, 0.717) is 30.7 Å². The molecule has 84 valence electrons. The molecule has 1 aromatic rings. The molecule has 1 aliphatic heterocycles. The van der Waals surface area contributed by atoms with Gasteiger partial charge in [0.1, 0.15) is 0 Å². The summed E-state index contributed by atoms with van der Waals surface area (Å²) in [6.07, 6.45) is 0.796. The van der Waals surface area contributed by atoms with E-state index in [2.05, 4.69) is 22.0 Å². The predicted molar refractivity (Wildman–Crippen MR) is 54.1 cm³/mol. The van der Waals surface area contributed by atoms with Crippen LogP contribution >= 0.6 is 0 Å². The Hall–Kier alpha value is -0.940. The van der Waals surface area contributed by atoms with Crippen LogP contribution in [0.1, 0.15) is 25.1 Å². The average Bonchev–Trinajstić information content (AvgIpc) is 2.58. The average molecular weight is 211 g/mol. The largest absolute Gasteiger partial charge is 0.392 e. The minimum Gasteiger partial charge on any atom is -0.392 e. The molecular formula is C10H17N3O2. The van der Waals surface area contributed by atoms with Crippen molar-refractivity contribution < 1.29 is 9.63 Å². The Morgan fingerprint density at radius 1 is 1.60 bits per heavy atom. The summed E-state index contributed by atoms with van der Waals surface area (Å²) >= 11 is 0. The molecule has 2 rings (SSSR count). The highest BCUT2D eigenvalue weighted by molar-refractivity contribution is 4.86. The molecule has 0 bridgehead atoms. The zero-order valence-corrected chi connectivity index (χ0v) is 9.18. The Morgan fingerprint density at radius 3 is 3.00 bits per heavy atom. The van der Waals surface area contributed by atoms with Crippen molar-refractivity contribution in [2.24, 2.45) is 5.92 Å². The maximum absolute atomic E-state index is 9.73. The molecule has 0 aliphatic carbocycles. The van der Waals surface area contributed by atoms with Crippen LogP contribution < -0.4 is 0 Å². The summed E-state index contributed by atoms with van der Waals surface area (Å²) in [5, 5.41) is 13.6. The third-order valence-corrected chi connectivity index (χ3v) is 2.94. The monoisotopic (exact) mass is 211 g/mol. The van der Waals surface area contributed by atoms with Gasteiger partial charge in [0.2, 0.25) is 5.89 Å². The summed E-state index contributed by atoms with van der Waals surface area (Å²) in [6.45, 7) is 6.23. The topological polar surface area (TPSA) is 62.4 Å². The van der Waals surface area contributed by atoms with Gasteiger partial charge < -0.3 is 9.63 Å². The molecule has 1 aromatic heterocycles. The van der Waals surface area contributed by atoms with E-state index >= 15 is 0 Å². The number of aromatic nitrogens is 2. The van der Waals surface area contributed by atoms with E-state index in [1.165, 1.54) is 0 Å². The van der Waals surface area contributed by atoms with Crippen molar-refractivity contribution in [2.75, 3.05) is 13.1 Å². The number of β-amino-alcohol motifs (C(OH)–C–C–N with tert-alkyl or cyclic N) is 1. The van der Waals surface area contributed by atoms with Crippen LogP contribution in [0.15, 0.2) is 4.52 Å². The van der Waals surface area contributed by atoms with E-state index in [9.17, 15) is 5.11 Å². The van der Waals surface area contributed by atoms with Crippen molar-refractivity contribution in [3.05, 3.63) is 11.7 Å². The normalized spacial score (nSPS) is 28.2. The van der Waals surface area contributed by atoms with Gasteiger partial charge in [0.15, 0.2) is 5.82 Å². The van der Waals surface area contributed by atoms with Crippen LogP contribution in [-0.2, 0) is 6.54 Å². The number of hydrogen-bond donors (Lipinski definition) is 1. The van der Waals surface area contributed by atoms with Gasteiger partial charge in [-0.05, 0) is 18.9 Å². The standard InChI is InChI=1S/C10H17N3O2/c1-7-3-4-13(5-9(7)14)6-10-11-8(2)15-12-10/h7,9,14H,3-6H2,1-2H3. The summed E-state index contributed by atoms with van der Waals surface area (Å²) in [5.41, 5.74) is 0. The van der Waals surface area contributed by atoms with Gasteiger partial charge >= 0.3 is 0 Å². The number of aliphatic hydroxyl groups is 1. The summed E-state index contributed by atoms with van der Waals surface area (Å²) in [6, 6.07) is 0. The fourth-order valence-electron chi connectivity index (χ4n) is 1.86. The van der Waals surface area contributed by atoms with Crippen LogP contribution in [0.4, 0.5) is 0 Å². The quantitative estimate of drug-likeness (QED) is 0.775. The van der Waals surface area contributed by atoms with E-state index in [-0.39, 0.29) is 6.10 Å². The van der Waals surface area contributed by atoms with Crippen LogP contribution in [0.5, 0.6) is 0 Å². The Morgan fingerprint density at radius 2 is 2.40 bits per heavy atom. The molecule has 0 radical (unpaired) electrons. The second-order valence-electron chi connectivity index (χ2n) is 4.30. The van der Waals surface area contributed by atoms with Crippen LogP contribution in [-0.4, -0.2) is 39.3 Å². The van der Waals surface area contributed by atoms with E-state index in [1.807, 2.05) is 0 Å². The lowest BCUT2D eigenvalue weighted by Gasteiger charge is -2.33. The third kappa shape index (κ3) is 2.54. The smallest absolute Gasteiger partial charge is 0.223 e. The van der Waals surface area contributed by atoms with E-state index in [4.69, 9.17) is 4.52 Å². The molecule has 5 nitrogen and oxygen atoms in total. The van der Waals surface area contributed by atoms with E-state index in [1.54, 1.807) is 6.92 Å². The van der Waals surface area contributed by atoms with Crippen molar-refractivity contribution in [2.45, 2.75) is 32.9 Å². The number of nitrogens with zero attached hydrogens (tertiary/aromatic N) is 3. The maximum Gasteiger partial charge on any atom is 0.223 e. The lowest BCUT2D eigenvalue weighted by atomic mass is 9.96. The van der Waals surface area contributed by atoms with Gasteiger partial charge in [0, 0.05) is 13.5 Å². The molecule has 1 N–H and O–H groups in total. The zero-order chi connectivity index (χ0) is 10.8. The van der Waals surface area contributed by atoms with Crippen molar-refractivity contribution in [3.63, 3.8) is 0 Å². The van der Waals surface area contributed by atoms with Gasteiger partial charge in [0.25, 0.3) is 0 Å². The Labute approximate surface area is 89.1 Å². The predicted octanol–water partition coefficient (Wildman–Crippen LogP) is 0.581. The molecular weight excluding hydrogens is 194 g/mol. The summed E-state index contributed by atoms with van der Waals surface area (Å²) in [5.74, 6) is 1.69. The van der Waals surface area contributed by atoms with E-state index < -0.39 is 0 Å². The summed E-state index contributed by atoms with van der Waals surface area (Å²) in [7, 11) is 0. The van der Waals surface area contributed by atoms with Crippen molar-refractivity contribution in [1.29, 1.82) is 0 Å². The van der Waals surface area contributed by atoms with Gasteiger partial charge in [-0.3, -0.25) is 4.90 Å². The molecule has 1 saturated heterocycles. The Kier molecular flexibility index (Phi) is 3.02. The van der Waals surface area contributed by atoms with Crippen LogP contribution in [0, 0.1) is 12.8 Å². The van der Waals surface area contributed by atoms with Crippen LogP contribution in [0.25, 0.3) is 0 Å². The lowest BCUT2D eigenvalue weighted by molar-refractivity contribution is 0.0246. The molecule has 2 atom stereocenters. The minimum absolute atomic E-state index is 0.230. The summed E-state index contributed by atoms with van der Waals surface area (Å²) in [4.78, 5) is 6.31. The molecule has 1 fully saturated rings. The van der Waals surface area contributed by atoms with Crippen LogP contribution in [0.2, 0.25) is 0 Å². The first-order valence-electron chi connectivity index (χ1n) is 5.35. The molecule has 2 unspecified atom stereocenters. The van der Waals surface area contributed by atoms with Gasteiger partial charge in [-0.25, -0.2) is 0 Å². The highest BCUT2D eigenvalue weighted by atomic mass is 16.5. The Balaban J connectivity index is 1.90. The number of hydrogen-bond acceptors (Lipinski definition) is 5. The van der Waals surface area contributed by atoms with Gasteiger partial charge in [-0.2, -0.15) is 4.98 Å². The molecule has 0 aromatic carbocycles. The first kappa shape index (κ1) is 10.6. The SMILES string of the molecule is Cc1nc(CN2CCC(C)C(O)C2)no1. The lowest BCUT2D eigenvalue weighted by Crippen LogP contribution is -2.42. The first-order chi connectivity index (χ1) is 7.15. The van der Waals surface area contributed by atoms with Gasteiger partial charge in [0.05, 0.1) is 12.6 Å². The second-order valence-corrected chi connectivity index (χ2v) is 4.30. The Bertz CT molecular complexity index is 326. The van der Waals surface area contributed by atoms with Crippen LogP contribution in [0.3, 0.4) is 0 Å². The van der Waals surface area contributed by atoms with Crippen molar-refractivity contribution >= 4 is 0 Å². The molecule has 0 spiro atoms. The minimum atomic E-state index is -0.230. The molecule has 0 amide bonds. The van der Waals surface area contributed by atoms with E-state index in [0.717, 1.165) is 13.0 Å². The zero-order valence-electron chi connectivity index (χ0n) is 9.18. The number of likely N-dealkylation sites (tertiary alicyclic amines) is 1. The second kappa shape index (κ2) is 4.28. The molecule has 5 heteroatoms. The number of piperidine rings is 1. The van der Waals surface area contributed by atoms with Gasteiger partial charge in [-0.1, -0.05) is 12.1 Å². The third-order valence-electron chi connectivity index (χ3n) is 2.94. The molecule has 2 heterocycles. The number of aryl methyl sites for hydroxylation is 1. The van der Waals surface area contributed by atoms with Crippen molar-refractivity contribution in [3.8, 4) is 0 Å². The fraction of sp³-hybridized carbons (Fsp3) is 0.800. The first-order valence-corrected chi connectivity index (χ1v) is 5.35. The number of rotatable bonds is 2. The number of aliphatic hydroxyl groups excluding tert-OH is 1. The summed E-state index contributed by atoms with van der Waals surface area (Å²) < 4.78 is 4.90. The molecule has 1 aliphatic rings. The van der Waals surface area contributed by atoms with Crippen molar-refractivity contribution in [1.82, 2.24) is 15.0 Å². The highest BCUT2D eigenvalue weighted by Crippen LogP contribution is 2.17. The van der Waals surface area contributed by atoms with Gasteiger partial charge in [-0.15, -0.1) is 0 Å². The highest BCUT2D eigenvalue weighted by Gasteiger charge is 2.24. The molecule has 0 saturated carbocycles. The fourth-order valence-corrected chi connectivity index (χ4v) is 1.86. The maximum atomic E-state index is 9.73.